The summed E-state index contributed by atoms with van der Waals surface area (Å²) in [5.74, 6) is 0. The molecule has 0 saturated carbocycles. The van der Waals surface area contributed by atoms with E-state index in [1.807, 2.05) is 0 Å². The Kier molecular flexibility index (Phi) is 4.14. The minimum Gasteiger partial charge on any atom is -0.397 e. The zero-order valence-electron chi connectivity index (χ0n) is 9.36. The highest BCUT2D eigenvalue weighted by atomic mass is 32.2. The lowest BCUT2D eigenvalue weighted by molar-refractivity contribution is 0.211. The van der Waals surface area contributed by atoms with Gasteiger partial charge in [0.25, 0.3) is 0 Å². The normalized spacial score (nSPS) is 11.4. The first-order chi connectivity index (χ1) is 7.45. The Bertz CT molecular complexity index is 457. The molecular weight excluding hydrogens is 228 g/mol. The summed E-state index contributed by atoms with van der Waals surface area (Å²) in [6.45, 7) is 1.19. The maximum Gasteiger partial charge on any atom is 0.175 e. The number of nitrogen functional groups attached to an aromatic ring is 1. The number of methoxy groups -OCH3 is 1. The molecule has 0 aliphatic heterocycles. The molecule has 0 fully saturated rings. The first-order valence-corrected chi connectivity index (χ1v) is 6.66. The van der Waals surface area contributed by atoms with Gasteiger partial charge in [-0.3, -0.25) is 0 Å². The van der Waals surface area contributed by atoms with E-state index < -0.39 is 9.84 Å². The third kappa shape index (κ3) is 3.39. The molecule has 6 heteroatoms. The Morgan fingerprint density at radius 2 is 2.12 bits per heavy atom. The van der Waals surface area contributed by atoms with Crippen LogP contribution in [-0.2, 0) is 14.6 Å². The molecule has 0 atom stereocenters. The topological polar surface area (TPSA) is 81.4 Å². The molecule has 5 nitrogen and oxygen atoms in total. The fraction of sp³-hybridized carbons (Fsp3) is 0.400. The van der Waals surface area contributed by atoms with E-state index in [-0.39, 0.29) is 4.90 Å². The summed E-state index contributed by atoms with van der Waals surface area (Å²) in [6.07, 6.45) is 1.15. The fourth-order valence-corrected chi connectivity index (χ4v) is 1.88. The van der Waals surface area contributed by atoms with Crippen LogP contribution in [0.4, 0.5) is 11.4 Å². The predicted octanol–water partition coefficient (Wildman–Crippen LogP) is 0.731. The van der Waals surface area contributed by atoms with Crippen molar-refractivity contribution in [3.63, 3.8) is 0 Å². The molecule has 0 bridgehead atoms. The monoisotopic (exact) mass is 244 g/mol. The SMILES string of the molecule is COCCNc1ccc(S(C)(=O)=O)cc1N. The molecule has 16 heavy (non-hydrogen) atoms. The van der Waals surface area contributed by atoms with Crippen LogP contribution in [0.25, 0.3) is 0 Å². The van der Waals surface area contributed by atoms with E-state index in [9.17, 15) is 8.42 Å². The Morgan fingerprint density at radius 3 is 2.62 bits per heavy atom. The molecular formula is C10H16N2O3S. The van der Waals surface area contributed by atoms with Gasteiger partial charge in [0.1, 0.15) is 0 Å². The van der Waals surface area contributed by atoms with Gasteiger partial charge in [-0.2, -0.15) is 0 Å². The van der Waals surface area contributed by atoms with Gasteiger partial charge in [0.05, 0.1) is 22.9 Å². The van der Waals surface area contributed by atoms with Crippen molar-refractivity contribution in [2.24, 2.45) is 0 Å². The van der Waals surface area contributed by atoms with Crippen LogP contribution < -0.4 is 11.1 Å². The van der Waals surface area contributed by atoms with Gasteiger partial charge in [0.15, 0.2) is 9.84 Å². The molecule has 0 heterocycles. The summed E-state index contributed by atoms with van der Waals surface area (Å²) in [6, 6.07) is 4.63. The molecule has 0 radical (unpaired) electrons. The van der Waals surface area contributed by atoms with Gasteiger partial charge >= 0.3 is 0 Å². The average molecular weight is 244 g/mol. The Labute approximate surface area is 95.5 Å². The van der Waals surface area contributed by atoms with Crippen molar-refractivity contribution in [1.29, 1.82) is 0 Å². The van der Waals surface area contributed by atoms with Gasteiger partial charge < -0.3 is 15.8 Å². The van der Waals surface area contributed by atoms with Crippen molar-refractivity contribution in [2.45, 2.75) is 4.90 Å². The highest BCUT2D eigenvalue weighted by molar-refractivity contribution is 7.90. The number of anilines is 2. The highest BCUT2D eigenvalue weighted by Gasteiger charge is 2.08. The summed E-state index contributed by atoms with van der Waals surface area (Å²) in [7, 11) is -1.59. The third-order valence-electron chi connectivity index (χ3n) is 2.07. The molecule has 1 aromatic carbocycles. The van der Waals surface area contributed by atoms with E-state index in [0.717, 1.165) is 6.26 Å². The van der Waals surface area contributed by atoms with E-state index in [0.29, 0.717) is 24.5 Å². The van der Waals surface area contributed by atoms with Gasteiger partial charge in [-0.15, -0.1) is 0 Å². The minimum absolute atomic E-state index is 0.224. The molecule has 0 unspecified atom stereocenters. The lowest BCUT2D eigenvalue weighted by atomic mass is 10.2. The first kappa shape index (κ1) is 12.8. The van der Waals surface area contributed by atoms with Crippen molar-refractivity contribution >= 4 is 21.2 Å². The van der Waals surface area contributed by atoms with Crippen molar-refractivity contribution < 1.29 is 13.2 Å². The lowest BCUT2D eigenvalue weighted by Crippen LogP contribution is -2.09. The maximum atomic E-state index is 11.3. The summed E-state index contributed by atoms with van der Waals surface area (Å²) in [4.78, 5) is 0.224. The number of hydrogen-bond acceptors (Lipinski definition) is 5. The van der Waals surface area contributed by atoms with Crippen LogP contribution in [0.2, 0.25) is 0 Å². The molecule has 0 aromatic heterocycles. The molecule has 0 spiro atoms. The van der Waals surface area contributed by atoms with Gasteiger partial charge in [-0.25, -0.2) is 8.42 Å². The number of rotatable bonds is 5. The van der Waals surface area contributed by atoms with E-state index in [1.54, 1.807) is 13.2 Å². The molecule has 0 saturated heterocycles. The summed E-state index contributed by atoms with van der Waals surface area (Å²) in [5.41, 5.74) is 6.86. The number of nitrogens with two attached hydrogens (primary N) is 1. The quantitative estimate of drug-likeness (QED) is 0.589. The molecule has 0 amide bonds. The van der Waals surface area contributed by atoms with Gasteiger partial charge in [-0.05, 0) is 18.2 Å². The van der Waals surface area contributed by atoms with E-state index in [2.05, 4.69) is 5.32 Å². The van der Waals surface area contributed by atoms with Crippen molar-refractivity contribution in [3.05, 3.63) is 18.2 Å². The van der Waals surface area contributed by atoms with Crippen molar-refractivity contribution in [2.75, 3.05) is 37.6 Å². The number of ether oxygens (including phenoxy) is 1. The summed E-state index contributed by atoms with van der Waals surface area (Å²) < 4.78 is 27.4. The Hall–Kier alpha value is -1.27. The van der Waals surface area contributed by atoms with Gasteiger partial charge in [0, 0.05) is 19.9 Å². The third-order valence-corrected chi connectivity index (χ3v) is 3.18. The first-order valence-electron chi connectivity index (χ1n) is 4.77. The lowest BCUT2D eigenvalue weighted by Gasteiger charge is -2.09. The number of benzene rings is 1. The standard InChI is InChI=1S/C10H16N2O3S/c1-15-6-5-12-10-4-3-8(7-9(10)11)16(2,13)14/h3-4,7,12H,5-6,11H2,1-2H3. The predicted molar refractivity (Wildman–Crippen MR) is 64.3 cm³/mol. The summed E-state index contributed by atoms with van der Waals surface area (Å²) >= 11 is 0. The summed E-state index contributed by atoms with van der Waals surface area (Å²) in [5, 5.41) is 3.05. The molecule has 90 valence electrons. The van der Waals surface area contributed by atoms with Crippen molar-refractivity contribution in [1.82, 2.24) is 0 Å². The zero-order valence-corrected chi connectivity index (χ0v) is 10.2. The Morgan fingerprint density at radius 1 is 1.44 bits per heavy atom. The second-order valence-corrected chi connectivity index (χ2v) is 5.46. The second kappa shape index (κ2) is 5.18. The zero-order chi connectivity index (χ0) is 12.2. The van der Waals surface area contributed by atoms with Crippen LogP contribution in [0, 0.1) is 0 Å². The van der Waals surface area contributed by atoms with Crippen molar-refractivity contribution in [3.8, 4) is 0 Å². The van der Waals surface area contributed by atoms with E-state index in [4.69, 9.17) is 10.5 Å². The molecule has 1 aromatic rings. The van der Waals surface area contributed by atoms with Gasteiger partial charge in [-0.1, -0.05) is 0 Å². The molecule has 1 rings (SSSR count). The van der Waals surface area contributed by atoms with Crippen LogP contribution in [-0.4, -0.2) is 34.9 Å². The second-order valence-electron chi connectivity index (χ2n) is 3.44. The van der Waals surface area contributed by atoms with Crippen LogP contribution in [0.5, 0.6) is 0 Å². The smallest absolute Gasteiger partial charge is 0.175 e. The number of sulfone groups is 1. The Balaban J connectivity index is 2.84. The van der Waals surface area contributed by atoms with Crippen LogP contribution in [0.15, 0.2) is 23.1 Å². The minimum atomic E-state index is -3.20. The maximum absolute atomic E-state index is 11.3. The largest absolute Gasteiger partial charge is 0.397 e. The number of hydrogen-bond donors (Lipinski definition) is 2. The fourth-order valence-electron chi connectivity index (χ4n) is 1.22. The van der Waals surface area contributed by atoms with Crippen LogP contribution in [0.1, 0.15) is 0 Å². The van der Waals surface area contributed by atoms with Gasteiger partial charge in [0.2, 0.25) is 0 Å². The molecule has 0 aliphatic rings. The van der Waals surface area contributed by atoms with Crippen LogP contribution >= 0.6 is 0 Å². The number of nitrogens with one attached hydrogen (secondary N) is 1. The van der Waals surface area contributed by atoms with E-state index >= 15 is 0 Å². The van der Waals surface area contributed by atoms with E-state index in [1.165, 1.54) is 12.1 Å². The highest BCUT2D eigenvalue weighted by Crippen LogP contribution is 2.22. The van der Waals surface area contributed by atoms with Crippen LogP contribution in [0.3, 0.4) is 0 Å². The molecule has 0 aliphatic carbocycles. The average Bonchev–Trinajstić information content (AvgIpc) is 2.19. The molecule has 3 N–H and O–H groups in total.